The Bertz CT molecular complexity index is 475. The van der Waals surface area contributed by atoms with Gasteiger partial charge in [0.1, 0.15) is 5.75 Å². The van der Waals surface area contributed by atoms with Crippen LogP contribution in [-0.4, -0.2) is 16.2 Å². The van der Waals surface area contributed by atoms with Crippen molar-refractivity contribution in [2.75, 3.05) is 0 Å². The third kappa shape index (κ3) is 2.53. The van der Waals surface area contributed by atoms with Crippen LogP contribution in [0.15, 0.2) is 4.47 Å². The van der Waals surface area contributed by atoms with Crippen LogP contribution in [0.4, 0.5) is 0 Å². The quantitative estimate of drug-likeness (QED) is 0.891. The van der Waals surface area contributed by atoms with Gasteiger partial charge in [-0.05, 0) is 37.5 Å². The highest BCUT2D eigenvalue weighted by atomic mass is 79.9. The molecule has 0 atom stereocenters. The summed E-state index contributed by atoms with van der Waals surface area (Å²) >= 11 is 3.52. The van der Waals surface area contributed by atoms with Gasteiger partial charge < -0.3 is 10.2 Å². The molecule has 0 fully saturated rings. The van der Waals surface area contributed by atoms with Crippen molar-refractivity contribution in [1.29, 1.82) is 0 Å². The first kappa shape index (κ1) is 15.0. The molecule has 0 amide bonds. The first-order valence-corrected chi connectivity index (χ1v) is 6.59. The Balaban J connectivity index is 3.55. The number of phenols is 1. The van der Waals surface area contributed by atoms with Crippen molar-refractivity contribution in [3.63, 3.8) is 0 Å². The maximum Gasteiger partial charge on any atom is 0.304 e. The van der Waals surface area contributed by atoms with Crippen molar-refractivity contribution in [3.8, 4) is 5.75 Å². The van der Waals surface area contributed by atoms with Gasteiger partial charge in [0.2, 0.25) is 0 Å². The number of phenolic OH excluding ortho intramolecular Hbond substituents is 1. The van der Waals surface area contributed by atoms with Crippen LogP contribution in [0.2, 0.25) is 0 Å². The van der Waals surface area contributed by atoms with Gasteiger partial charge in [-0.3, -0.25) is 4.79 Å². The van der Waals surface area contributed by atoms with Gasteiger partial charge in [0.25, 0.3) is 0 Å². The molecule has 2 N–H and O–H groups in total. The lowest BCUT2D eigenvalue weighted by molar-refractivity contribution is -0.138. The molecule has 0 bridgehead atoms. The fourth-order valence-electron chi connectivity index (χ4n) is 2.39. The highest BCUT2D eigenvalue weighted by Crippen LogP contribution is 2.43. The van der Waals surface area contributed by atoms with Gasteiger partial charge >= 0.3 is 5.97 Å². The van der Waals surface area contributed by atoms with Gasteiger partial charge in [0.05, 0.1) is 6.42 Å². The van der Waals surface area contributed by atoms with E-state index in [-0.39, 0.29) is 12.2 Å². The summed E-state index contributed by atoms with van der Waals surface area (Å²) in [5, 5.41) is 19.3. The molecular weight excluding hydrogens is 296 g/mol. The molecule has 0 radical (unpaired) electrons. The number of hydrogen-bond donors (Lipinski definition) is 2. The Labute approximate surface area is 116 Å². The summed E-state index contributed by atoms with van der Waals surface area (Å²) in [6.07, 6.45) is -0.0175. The first-order valence-electron chi connectivity index (χ1n) is 5.80. The number of benzene rings is 1. The number of carboxylic acid groups (broad SMARTS) is 1. The number of hydrogen-bond acceptors (Lipinski definition) is 2. The molecule has 0 aliphatic rings. The summed E-state index contributed by atoms with van der Waals surface area (Å²) in [5.41, 5.74) is 2.78. The lowest BCUT2D eigenvalue weighted by Gasteiger charge is -2.28. The first-order chi connectivity index (χ1) is 8.09. The van der Waals surface area contributed by atoms with Crippen molar-refractivity contribution < 1.29 is 15.0 Å². The van der Waals surface area contributed by atoms with Crippen molar-refractivity contribution in [2.24, 2.45) is 0 Å². The number of aliphatic carboxylic acids is 1. The minimum absolute atomic E-state index is 0.0175. The van der Waals surface area contributed by atoms with E-state index in [0.717, 1.165) is 21.2 Å². The van der Waals surface area contributed by atoms with E-state index in [2.05, 4.69) is 15.9 Å². The molecule has 0 aliphatic heterocycles. The zero-order valence-corrected chi connectivity index (χ0v) is 13.0. The molecule has 0 unspecified atom stereocenters. The highest BCUT2D eigenvalue weighted by molar-refractivity contribution is 9.10. The molecule has 1 aromatic rings. The summed E-state index contributed by atoms with van der Waals surface area (Å²) in [6, 6.07) is 0. The highest BCUT2D eigenvalue weighted by Gasteiger charge is 2.31. The van der Waals surface area contributed by atoms with E-state index in [9.17, 15) is 9.90 Å². The molecule has 1 rings (SSSR count). The van der Waals surface area contributed by atoms with Gasteiger partial charge in [-0.15, -0.1) is 0 Å². The van der Waals surface area contributed by atoms with Crippen LogP contribution >= 0.6 is 15.9 Å². The standard InChI is InChI=1S/C14H19BrO3/c1-7-8(2)13(18)11(9(3)12(7)15)14(4,5)6-10(16)17/h18H,6H2,1-5H3,(H,16,17). The topological polar surface area (TPSA) is 57.5 Å². The monoisotopic (exact) mass is 314 g/mol. The summed E-state index contributed by atoms with van der Waals surface area (Å²) < 4.78 is 0.936. The van der Waals surface area contributed by atoms with Crippen LogP contribution in [0.3, 0.4) is 0 Å². The predicted molar refractivity (Wildman–Crippen MR) is 75.3 cm³/mol. The van der Waals surface area contributed by atoms with Crippen LogP contribution in [0.1, 0.15) is 42.5 Å². The minimum atomic E-state index is -0.867. The van der Waals surface area contributed by atoms with E-state index in [4.69, 9.17) is 5.11 Å². The molecule has 100 valence electrons. The summed E-state index contributed by atoms with van der Waals surface area (Å²) in [5.74, 6) is -0.660. The Hall–Kier alpha value is -1.03. The summed E-state index contributed by atoms with van der Waals surface area (Å²) in [6.45, 7) is 9.35. The van der Waals surface area contributed by atoms with Gasteiger partial charge in [0, 0.05) is 15.5 Å². The SMILES string of the molecule is Cc1c(C)c(Br)c(C)c(C(C)(C)CC(=O)O)c1O. The zero-order chi connectivity index (χ0) is 14.2. The molecule has 0 aliphatic carbocycles. The smallest absolute Gasteiger partial charge is 0.304 e. The van der Waals surface area contributed by atoms with Crippen LogP contribution in [0.25, 0.3) is 0 Å². The van der Waals surface area contributed by atoms with Crippen molar-refractivity contribution in [2.45, 2.75) is 46.5 Å². The summed E-state index contributed by atoms with van der Waals surface area (Å²) in [4.78, 5) is 11.0. The van der Waals surface area contributed by atoms with Crippen LogP contribution in [-0.2, 0) is 10.2 Å². The molecule has 0 heterocycles. The average Bonchev–Trinajstić information content (AvgIpc) is 2.21. The number of aromatic hydroxyl groups is 1. The third-order valence-electron chi connectivity index (χ3n) is 3.46. The Morgan fingerprint density at radius 3 is 2.11 bits per heavy atom. The second-order valence-electron chi connectivity index (χ2n) is 5.37. The van der Waals surface area contributed by atoms with E-state index in [1.165, 1.54) is 0 Å². The molecule has 0 aromatic heterocycles. The molecule has 18 heavy (non-hydrogen) atoms. The fourth-order valence-corrected chi connectivity index (χ4v) is 2.89. The number of carboxylic acids is 1. The fraction of sp³-hybridized carbons (Fsp3) is 0.500. The number of halogens is 1. The van der Waals surface area contributed by atoms with Gasteiger partial charge in [0.15, 0.2) is 0 Å². The molecule has 0 spiro atoms. The van der Waals surface area contributed by atoms with Crippen LogP contribution < -0.4 is 0 Å². The zero-order valence-electron chi connectivity index (χ0n) is 11.4. The Morgan fingerprint density at radius 2 is 1.67 bits per heavy atom. The molecular formula is C14H19BrO3. The molecule has 0 saturated carbocycles. The molecule has 3 nitrogen and oxygen atoms in total. The maximum atomic E-state index is 11.0. The van der Waals surface area contributed by atoms with E-state index in [1.54, 1.807) is 0 Å². The van der Waals surface area contributed by atoms with Crippen molar-refractivity contribution in [3.05, 3.63) is 26.7 Å². The van der Waals surface area contributed by atoms with Gasteiger partial charge in [-0.25, -0.2) is 0 Å². The number of rotatable bonds is 3. The Morgan fingerprint density at radius 1 is 1.17 bits per heavy atom. The molecule has 4 heteroatoms. The minimum Gasteiger partial charge on any atom is -0.507 e. The normalized spacial score (nSPS) is 11.7. The van der Waals surface area contributed by atoms with Gasteiger partial charge in [-0.1, -0.05) is 29.8 Å². The molecule has 0 saturated heterocycles. The lowest BCUT2D eigenvalue weighted by atomic mass is 9.77. The lowest BCUT2D eigenvalue weighted by Crippen LogP contribution is -2.23. The van der Waals surface area contributed by atoms with Crippen LogP contribution in [0, 0.1) is 20.8 Å². The van der Waals surface area contributed by atoms with Crippen molar-refractivity contribution >= 4 is 21.9 Å². The Kier molecular flexibility index (Phi) is 4.11. The third-order valence-corrected chi connectivity index (χ3v) is 4.65. The van der Waals surface area contributed by atoms with E-state index < -0.39 is 11.4 Å². The van der Waals surface area contributed by atoms with E-state index >= 15 is 0 Å². The van der Waals surface area contributed by atoms with E-state index in [1.807, 2.05) is 34.6 Å². The van der Waals surface area contributed by atoms with E-state index in [0.29, 0.717) is 5.56 Å². The average molecular weight is 315 g/mol. The van der Waals surface area contributed by atoms with Crippen molar-refractivity contribution in [1.82, 2.24) is 0 Å². The summed E-state index contributed by atoms with van der Waals surface area (Å²) in [7, 11) is 0. The molecule has 1 aromatic carbocycles. The van der Waals surface area contributed by atoms with Gasteiger partial charge in [-0.2, -0.15) is 0 Å². The second kappa shape index (κ2) is 4.92. The second-order valence-corrected chi connectivity index (χ2v) is 6.16. The largest absolute Gasteiger partial charge is 0.507 e. The predicted octanol–water partition coefficient (Wildman–Crippen LogP) is 3.83. The maximum absolute atomic E-state index is 11.0. The number of carbonyl (C=O) groups is 1. The van der Waals surface area contributed by atoms with Crippen LogP contribution in [0.5, 0.6) is 5.75 Å².